The smallest absolute Gasteiger partial charge is 0.160 e. The van der Waals surface area contributed by atoms with Crippen LogP contribution in [-0.4, -0.2) is 19.9 Å². The first-order valence-electron chi connectivity index (χ1n) is 37.6. The van der Waals surface area contributed by atoms with Crippen molar-refractivity contribution in [3.8, 4) is 135 Å². The largest absolute Gasteiger partial charge is 0.228 e. The molecule has 4 aliphatic rings. The van der Waals surface area contributed by atoms with Crippen LogP contribution < -0.4 is 0 Å². The maximum absolute atomic E-state index is 5.48. The van der Waals surface area contributed by atoms with Crippen LogP contribution in [0, 0.1) is 0 Å². The maximum Gasteiger partial charge on any atom is 0.160 e. The Kier molecular flexibility index (Phi) is 14.9. The normalized spacial score (nSPS) is 14.2. The van der Waals surface area contributed by atoms with Crippen molar-refractivity contribution in [2.45, 2.75) is 30.4 Å². The highest BCUT2D eigenvalue weighted by atomic mass is 32.2. The second-order valence-corrected chi connectivity index (χ2v) is 31.0. The fourth-order valence-corrected chi connectivity index (χ4v) is 20.9. The summed E-state index contributed by atoms with van der Waals surface area (Å²) in [5.74, 6) is 1.37. The predicted molar refractivity (Wildman–Crippen MR) is 452 cm³/mol. The van der Waals surface area contributed by atoms with E-state index in [0.29, 0.717) is 11.6 Å². The van der Waals surface area contributed by atoms with Gasteiger partial charge in [0.25, 0.3) is 0 Å². The summed E-state index contributed by atoms with van der Waals surface area (Å²) < 4.78 is 0. The molecule has 4 nitrogen and oxygen atoms in total. The molecule has 2 aromatic heterocycles. The molecule has 18 aromatic rings. The molecule has 2 spiro atoms. The Morgan fingerprint density at radius 2 is 0.536 bits per heavy atom. The first-order valence-corrected chi connectivity index (χ1v) is 39.2. The van der Waals surface area contributed by atoms with Gasteiger partial charge in [0, 0.05) is 53.0 Å². The van der Waals surface area contributed by atoms with Crippen LogP contribution in [0.2, 0.25) is 0 Å². The van der Waals surface area contributed by atoms with Gasteiger partial charge in [0.15, 0.2) is 11.6 Å². The Morgan fingerprint density at radius 1 is 0.182 bits per heavy atom. The highest BCUT2D eigenvalue weighted by Crippen LogP contribution is 2.66. The summed E-state index contributed by atoms with van der Waals surface area (Å²) in [5.41, 5.74) is 33.2. The molecule has 16 aromatic carbocycles. The van der Waals surface area contributed by atoms with Gasteiger partial charge in [-0.25, -0.2) is 19.9 Å². The van der Waals surface area contributed by atoms with Gasteiger partial charge < -0.3 is 0 Å². The number of rotatable bonds is 10. The topological polar surface area (TPSA) is 51.6 Å². The Bertz CT molecular complexity index is 6740. The Balaban J connectivity index is 0.626. The molecule has 0 bridgehead atoms. The van der Waals surface area contributed by atoms with Crippen LogP contribution >= 0.6 is 23.5 Å². The molecule has 0 radical (unpaired) electrons. The molecular weight excluding hydrogens is 1370 g/mol. The first-order chi connectivity index (χ1) is 54.5. The van der Waals surface area contributed by atoms with Gasteiger partial charge in [0.1, 0.15) is 0 Å². The summed E-state index contributed by atoms with van der Waals surface area (Å²) in [7, 11) is 0. The average molecular weight is 1430 g/mol. The number of hydrogen-bond donors (Lipinski definition) is 0. The van der Waals surface area contributed by atoms with E-state index in [0.717, 1.165) is 84.0 Å². The van der Waals surface area contributed by atoms with Crippen molar-refractivity contribution in [3.05, 3.63) is 433 Å². The van der Waals surface area contributed by atoms with E-state index in [1.807, 2.05) is 41.7 Å². The lowest BCUT2D eigenvalue weighted by atomic mass is 9.67. The van der Waals surface area contributed by atoms with Crippen molar-refractivity contribution < 1.29 is 0 Å². The van der Waals surface area contributed by atoms with Crippen LogP contribution in [0.5, 0.6) is 0 Å². The van der Waals surface area contributed by atoms with Crippen LogP contribution in [0.15, 0.2) is 408 Å². The molecule has 1 atom stereocenters. The van der Waals surface area contributed by atoms with Crippen molar-refractivity contribution in [2.75, 3.05) is 0 Å². The lowest BCUT2D eigenvalue weighted by Crippen LogP contribution is -2.32. The average Bonchev–Trinajstić information content (AvgIpc) is 1.50. The third kappa shape index (κ3) is 9.96. The van der Waals surface area contributed by atoms with E-state index in [4.69, 9.17) is 19.9 Å². The van der Waals surface area contributed by atoms with Gasteiger partial charge in [-0.3, -0.25) is 0 Å². The number of fused-ring (bicyclic) bond motifs is 19. The molecule has 0 saturated heterocycles. The molecule has 0 amide bonds. The standard InChI is InChI=1S/C104H64N4S2/c1-3-26-70(27-4-1)101-105-92(63-94(107-101)75-60-51-65-25-7-8-30-72(65)61-75)68-56-52-67(53-57-68)79-40-24-48-91-100(79)110-97-50-20-18-45-88(97)104(91)86-43-16-13-37-83(86)98-77(38-22-46-89(98)104)74-32-21-31-73(62-74)76-33-9-10-36-82(76)95-64-93(106-102(108-95)71-28-5-2-6-29-71)69-58-54-66(55-59-69)78-39-23-47-90-99(78)109-96-49-19-17-44-87(96)103(90)84-41-14-11-34-80(84)81-35-12-15-42-85(81)103/h1-64H. The summed E-state index contributed by atoms with van der Waals surface area (Å²) in [4.78, 5) is 26.4. The molecular formula is C104H64N4S2. The van der Waals surface area contributed by atoms with Crippen LogP contribution in [0.3, 0.4) is 0 Å². The predicted octanol–water partition coefficient (Wildman–Crippen LogP) is 26.7. The van der Waals surface area contributed by atoms with Gasteiger partial charge in [-0.2, -0.15) is 0 Å². The molecule has 1 unspecified atom stereocenters. The second kappa shape index (κ2) is 25.7. The number of aromatic nitrogens is 4. The quantitative estimate of drug-likeness (QED) is 0.136. The van der Waals surface area contributed by atoms with Gasteiger partial charge in [-0.15, -0.1) is 0 Å². The van der Waals surface area contributed by atoms with E-state index in [1.54, 1.807) is 0 Å². The first kappa shape index (κ1) is 63.9. The number of hydrogen-bond acceptors (Lipinski definition) is 6. The molecule has 2 aliphatic carbocycles. The van der Waals surface area contributed by atoms with E-state index < -0.39 is 10.8 Å². The monoisotopic (exact) mass is 1430 g/mol. The zero-order valence-corrected chi connectivity index (χ0v) is 61.2. The van der Waals surface area contributed by atoms with Crippen molar-refractivity contribution in [2.24, 2.45) is 0 Å². The van der Waals surface area contributed by atoms with E-state index in [2.05, 4.69) is 370 Å². The SMILES string of the molecule is c1ccc(-c2nc(-c3ccc(-c4cccc5c4Sc4ccccc4C54c5ccccc5-c5c(-c6cccc(-c7ccccc7-c7cc(-c8ccc(-c9cccc%10c9Sc9ccccc9C%109c%10ccccc%10-c%10ccccc%109)cc8)nc(-c8ccccc8)n7)c6)cccc54)cc3)cc(-c3ccc4ccccc4c3)n2)cc1. The molecule has 512 valence electrons. The van der Waals surface area contributed by atoms with Gasteiger partial charge in [-0.05, 0) is 158 Å². The Morgan fingerprint density at radius 3 is 1.10 bits per heavy atom. The summed E-state index contributed by atoms with van der Waals surface area (Å²) in [5, 5.41) is 2.37. The summed E-state index contributed by atoms with van der Waals surface area (Å²) in [6, 6.07) is 142. The second-order valence-electron chi connectivity index (χ2n) is 28.9. The third-order valence-electron chi connectivity index (χ3n) is 23.1. The van der Waals surface area contributed by atoms with Crippen LogP contribution in [-0.2, 0) is 10.8 Å². The van der Waals surface area contributed by atoms with Gasteiger partial charge in [0.05, 0.1) is 33.6 Å². The highest BCUT2D eigenvalue weighted by molar-refractivity contribution is 8.00. The maximum atomic E-state index is 5.48. The molecule has 2 aliphatic heterocycles. The number of nitrogens with zero attached hydrogens (tertiary/aromatic N) is 4. The minimum atomic E-state index is -0.624. The summed E-state index contributed by atoms with van der Waals surface area (Å²) >= 11 is 3.77. The van der Waals surface area contributed by atoms with Gasteiger partial charge in [-0.1, -0.05) is 375 Å². The van der Waals surface area contributed by atoms with Crippen molar-refractivity contribution in [3.63, 3.8) is 0 Å². The van der Waals surface area contributed by atoms with E-state index in [1.165, 1.54) is 114 Å². The third-order valence-corrected chi connectivity index (χ3v) is 25.5. The molecule has 0 N–H and O–H groups in total. The van der Waals surface area contributed by atoms with E-state index in [9.17, 15) is 0 Å². The zero-order chi connectivity index (χ0) is 72.4. The Labute approximate surface area is 647 Å². The summed E-state index contributed by atoms with van der Waals surface area (Å²) in [6.07, 6.45) is 0. The minimum Gasteiger partial charge on any atom is -0.228 e. The molecule has 110 heavy (non-hydrogen) atoms. The number of benzene rings is 16. The summed E-state index contributed by atoms with van der Waals surface area (Å²) in [6.45, 7) is 0. The van der Waals surface area contributed by atoms with Crippen LogP contribution in [0.4, 0.5) is 0 Å². The lowest BCUT2D eigenvalue weighted by molar-refractivity contribution is 0.723. The molecule has 6 heteroatoms. The molecule has 0 saturated carbocycles. The van der Waals surface area contributed by atoms with Gasteiger partial charge >= 0.3 is 0 Å². The molecule has 0 fully saturated rings. The highest BCUT2D eigenvalue weighted by Gasteiger charge is 2.53. The molecule has 22 rings (SSSR count). The lowest BCUT2D eigenvalue weighted by Gasteiger charge is -2.40. The van der Waals surface area contributed by atoms with Crippen molar-refractivity contribution in [1.29, 1.82) is 0 Å². The fourth-order valence-electron chi connectivity index (χ4n) is 18.3. The Hall–Kier alpha value is -13.4. The van der Waals surface area contributed by atoms with Crippen molar-refractivity contribution >= 4 is 34.3 Å². The fraction of sp³-hybridized carbons (Fsp3) is 0.0192. The van der Waals surface area contributed by atoms with Crippen LogP contribution in [0.25, 0.3) is 145 Å². The zero-order valence-electron chi connectivity index (χ0n) is 59.6. The van der Waals surface area contributed by atoms with E-state index in [-0.39, 0.29) is 0 Å². The molecule has 4 heterocycles. The minimum absolute atomic E-state index is 0.456. The van der Waals surface area contributed by atoms with Crippen LogP contribution in [0.1, 0.15) is 44.5 Å². The van der Waals surface area contributed by atoms with E-state index >= 15 is 0 Å². The van der Waals surface area contributed by atoms with Crippen molar-refractivity contribution in [1.82, 2.24) is 19.9 Å². The van der Waals surface area contributed by atoms with Gasteiger partial charge in [0.2, 0.25) is 0 Å².